The third-order valence-corrected chi connectivity index (χ3v) is 4.31. The van der Waals surface area contributed by atoms with Crippen LogP contribution in [0.25, 0.3) is 0 Å². The van der Waals surface area contributed by atoms with E-state index in [1.54, 1.807) is 0 Å². The summed E-state index contributed by atoms with van der Waals surface area (Å²) in [4.78, 5) is 0. The van der Waals surface area contributed by atoms with Crippen LogP contribution >= 0.6 is 15.9 Å². The molecule has 0 aliphatic carbocycles. The zero-order valence-electron chi connectivity index (χ0n) is 12.3. The van der Waals surface area contributed by atoms with Crippen molar-refractivity contribution in [2.24, 2.45) is 0 Å². The first-order chi connectivity index (χ1) is 9.51. The van der Waals surface area contributed by atoms with E-state index in [1.165, 1.54) is 5.56 Å². The molecule has 0 aromatic heterocycles. The lowest BCUT2D eigenvalue weighted by molar-refractivity contribution is 0.306. The molecular formula is C18H21BrO. The zero-order valence-corrected chi connectivity index (χ0v) is 13.9. The summed E-state index contributed by atoms with van der Waals surface area (Å²) in [6, 6.07) is 16.6. The molecule has 0 saturated carbocycles. The molecule has 0 amide bonds. The maximum Gasteiger partial charge on any atom is 0.119 e. The SMILES string of the molecule is CCC(C)(C)c1ccc(OCc2cccc(Br)c2)cc1. The Labute approximate surface area is 130 Å². The maximum absolute atomic E-state index is 5.83. The van der Waals surface area contributed by atoms with E-state index in [-0.39, 0.29) is 5.41 Å². The zero-order chi connectivity index (χ0) is 14.6. The van der Waals surface area contributed by atoms with Gasteiger partial charge in [0.05, 0.1) is 0 Å². The van der Waals surface area contributed by atoms with Gasteiger partial charge in [0, 0.05) is 4.47 Å². The van der Waals surface area contributed by atoms with Crippen LogP contribution in [0.4, 0.5) is 0 Å². The molecule has 0 bridgehead atoms. The first-order valence-corrected chi connectivity index (χ1v) is 7.78. The average molecular weight is 333 g/mol. The number of hydrogen-bond acceptors (Lipinski definition) is 1. The van der Waals surface area contributed by atoms with Crippen LogP contribution in [0.2, 0.25) is 0 Å². The highest BCUT2D eigenvalue weighted by molar-refractivity contribution is 9.10. The molecular weight excluding hydrogens is 312 g/mol. The van der Waals surface area contributed by atoms with Crippen molar-refractivity contribution in [1.82, 2.24) is 0 Å². The molecule has 0 unspecified atom stereocenters. The fraction of sp³-hybridized carbons (Fsp3) is 0.333. The minimum Gasteiger partial charge on any atom is -0.489 e. The summed E-state index contributed by atoms with van der Waals surface area (Å²) in [6.45, 7) is 7.35. The Kier molecular flexibility index (Phi) is 4.87. The van der Waals surface area contributed by atoms with Gasteiger partial charge in [-0.1, -0.05) is 61.0 Å². The molecule has 106 valence electrons. The lowest BCUT2D eigenvalue weighted by Gasteiger charge is -2.23. The van der Waals surface area contributed by atoms with Crippen LogP contribution in [0, 0.1) is 0 Å². The molecule has 20 heavy (non-hydrogen) atoms. The minimum atomic E-state index is 0.225. The highest BCUT2D eigenvalue weighted by Gasteiger charge is 2.17. The van der Waals surface area contributed by atoms with Crippen LogP contribution in [0.1, 0.15) is 38.3 Å². The van der Waals surface area contributed by atoms with Gasteiger partial charge in [0.15, 0.2) is 0 Å². The second-order valence-corrected chi connectivity index (χ2v) is 6.60. The van der Waals surface area contributed by atoms with Gasteiger partial charge in [0.1, 0.15) is 12.4 Å². The standard InChI is InChI=1S/C18H21BrO/c1-4-18(2,3)15-8-10-17(11-9-15)20-13-14-6-5-7-16(19)12-14/h5-12H,4,13H2,1-3H3. The number of hydrogen-bond donors (Lipinski definition) is 0. The van der Waals surface area contributed by atoms with Gasteiger partial charge in [-0.2, -0.15) is 0 Å². The second kappa shape index (κ2) is 6.45. The lowest BCUT2D eigenvalue weighted by atomic mass is 9.82. The van der Waals surface area contributed by atoms with E-state index in [1.807, 2.05) is 12.1 Å². The van der Waals surface area contributed by atoms with Gasteiger partial charge in [0.25, 0.3) is 0 Å². The van der Waals surface area contributed by atoms with Gasteiger partial charge < -0.3 is 4.74 Å². The van der Waals surface area contributed by atoms with Gasteiger partial charge in [-0.05, 0) is 47.2 Å². The molecule has 0 saturated heterocycles. The minimum absolute atomic E-state index is 0.225. The van der Waals surface area contributed by atoms with E-state index < -0.39 is 0 Å². The Bertz CT molecular complexity index is 558. The van der Waals surface area contributed by atoms with Gasteiger partial charge in [-0.3, -0.25) is 0 Å². The molecule has 1 nitrogen and oxygen atoms in total. The van der Waals surface area contributed by atoms with Crippen molar-refractivity contribution in [3.63, 3.8) is 0 Å². The van der Waals surface area contributed by atoms with E-state index in [4.69, 9.17) is 4.74 Å². The predicted octanol–water partition coefficient (Wildman–Crippen LogP) is 5.72. The van der Waals surface area contributed by atoms with E-state index in [0.717, 1.165) is 22.2 Å². The van der Waals surface area contributed by atoms with Crippen molar-refractivity contribution in [1.29, 1.82) is 0 Å². The number of ether oxygens (including phenoxy) is 1. The number of halogens is 1. The van der Waals surface area contributed by atoms with Gasteiger partial charge >= 0.3 is 0 Å². The molecule has 2 aromatic rings. The molecule has 0 spiro atoms. The van der Waals surface area contributed by atoms with Gasteiger partial charge in [-0.15, -0.1) is 0 Å². The van der Waals surface area contributed by atoms with E-state index >= 15 is 0 Å². The summed E-state index contributed by atoms with van der Waals surface area (Å²) in [5.41, 5.74) is 2.75. The third-order valence-electron chi connectivity index (χ3n) is 3.81. The molecule has 0 N–H and O–H groups in total. The summed E-state index contributed by atoms with van der Waals surface area (Å²) in [7, 11) is 0. The molecule has 0 heterocycles. The van der Waals surface area contributed by atoms with Crippen molar-refractivity contribution in [2.75, 3.05) is 0 Å². The number of rotatable bonds is 5. The topological polar surface area (TPSA) is 9.23 Å². The fourth-order valence-electron chi connectivity index (χ4n) is 2.00. The Morgan fingerprint density at radius 3 is 2.35 bits per heavy atom. The molecule has 0 radical (unpaired) electrons. The predicted molar refractivity (Wildman–Crippen MR) is 88.2 cm³/mol. The molecule has 2 rings (SSSR count). The summed E-state index contributed by atoms with van der Waals surface area (Å²) in [5, 5.41) is 0. The van der Waals surface area contributed by atoms with E-state index in [0.29, 0.717) is 6.61 Å². The third kappa shape index (κ3) is 3.86. The molecule has 0 aliphatic heterocycles. The summed E-state index contributed by atoms with van der Waals surface area (Å²) in [5.74, 6) is 0.917. The van der Waals surface area contributed by atoms with Crippen LogP contribution in [-0.2, 0) is 12.0 Å². The Morgan fingerprint density at radius 2 is 1.75 bits per heavy atom. The molecule has 2 aromatic carbocycles. The van der Waals surface area contributed by atoms with Crippen molar-refractivity contribution in [3.05, 3.63) is 64.1 Å². The van der Waals surface area contributed by atoms with Crippen LogP contribution < -0.4 is 4.74 Å². The fourth-order valence-corrected chi connectivity index (χ4v) is 2.45. The monoisotopic (exact) mass is 332 g/mol. The van der Waals surface area contributed by atoms with Crippen LogP contribution in [0.3, 0.4) is 0 Å². The Morgan fingerprint density at radius 1 is 1.05 bits per heavy atom. The number of benzene rings is 2. The first-order valence-electron chi connectivity index (χ1n) is 6.99. The molecule has 0 fully saturated rings. The van der Waals surface area contributed by atoms with E-state index in [2.05, 4.69) is 73.1 Å². The largest absolute Gasteiger partial charge is 0.489 e. The highest BCUT2D eigenvalue weighted by Crippen LogP contribution is 2.28. The smallest absolute Gasteiger partial charge is 0.119 e. The van der Waals surface area contributed by atoms with Crippen molar-refractivity contribution < 1.29 is 4.74 Å². The van der Waals surface area contributed by atoms with Crippen molar-refractivity contribution in [3.8, 4) is 5.75 Å². The van der Waals surface area contributed by atoms with Crippen molar-refractivity contribution >= 4 is 15.9 Å². The Balaban J connectivity index is 2.01. The van der Waals surface area contributed by atoms with Gasteiger partial charge in [-0.25, -0.2) is 0 Å². The summed E-state index contributed by atoms with van der Waals surface area (Å²) < 4.78 is 6.91. The average Bonchev–Trinajstić information content (AvgIpc) is 2.46. The lowest BCUT2D eigenvalue weighted by Crippen LogP contribution is -2.15. The van der Waals surface area contributed by atoms with Crippen LogP contribution in [0.15, 0.2) is 53.0 Å². The maximum atomic E-state index is 5.83. The molecule has 2 heteroatoms. The molecule has 0 aliphatic rings. The van der Waals surface area contributed by atoms with Crippen molar-refractivity contribution in [2.45, 2.75) is 39.2 Å². The summed E-state index contributed by atoms with van der Waals surface area (Å²) >= 11 is 3.47. The quantitative estimate of drug-likeness (QED) is 0.680. The summed E-state index contributed by atoms with van der Waals surface area (Å²) in [6.07, 6.45) is 1.13. The highest BCUT2D eigenvalue weighted by atomic mass is 79.9. The van der Waals surface area contributed by atoms with E-state index in [9.17, 15) is 0 Å². The normalized spacial score (nSPS) is 11.4. The Hall–Kier alpha value is -1.28. The van der Waals surface area contributed by atoms with Crippen LogP contribution in [-0.4, -0.2) is 0 Å². The first kappa shape index (κ1) is 15.1. The van der Waals surface area contributed by atoms with Gasteiger partial charge in [0.2, 0.25) is 0 Å². The molecule has 0 atom stereocenters. The van der Waals surface area contributed by atoms with Crippen LogP contribution in [0.5, 0.6) is 5.75 Å². The second-order valence-electron chi connectivity index (χ2n) is 5.68.